The predicted molar refractivity (Wildman–Crippen MR) is 84.6 cm³/mol. The first kappa shape index (κ1) is 16.7. The second kappa shape index (κ2) is 7.09. The Kier molecular flexibility index (Phi) is 4.95. The molecule has 2 aromatic rings. The van der Waals surface area contributed by atoms with Crippen molar-refractivity contribution in [1.82, 2.24) is 0 Å². The predicted octanol–water partition coefficient (Wildman–Crippen LogP) is 2.51. The summed E-state index contributed by atoms with van der Waals surface area (Å²) in [5, 5.41) is 31.5. The fourth-order valence-corrected chi connectivity index (χ4v) is 1.92. The first-order chi connectivity index (χ1) is 11.4. The molecular formula is C15H11N3O6. The second-order valence-electron chi connectivity index (χ2n) is 4.68. The molecule has 0 atom stereocenters. The minimum absolute atomic E-state index is 0.416. The summed E-state index contributed by atoms with van der Waals surface area (Å²) in [6.45, 7) is -0.416. The molecule has 0 bridgehead atoms. The van der Waals surface area contributed by atoms with Crippen molar-refractivity contribution in [3.05, 3.63) is 73.8 Å². The van der Waals surface area contributed by atoms with Gasteiger partial charge in [-0.2, -0.15) is 0 Å². The number of nitrogens with zero attached hydrogens (tertiary/aromatic N) is 3. The van der Waals surface area contributed by atoms with Crippen LogP contribution in [0.5, 0.6) is 5.75 Å². The average Bonchev–Trinajstić information content (AvgIpc) is 2.55. The van der Waals surface area contributed by atoms with Gasteiger partial charge in [-0.15, -0.1) is 0 Å². The number of aliphatic imine (C=N–C) groups is 1. The number of phenolic OH excluding ortho intramolecular Hbond substituents is 1. The third kappa shape index (κ3) is 3.77. The molecule has 0 unspecified atom stereocenters. The molecule has 9 heteroatoms. The smallest absolute Gasteiger partial charge is 0.318 e. The molecule has 0 aromatic heterocycles. The highest BCUT2D eigenvalue weighted by molar-refractivity contribution is 6.02. The average molecular weight is 329 g/mol. The van der Waals surface area contributed by atoms with Crippen molar-refractivity contribution in [2.45, 2.75) is 0 Å². The zero-order valence-electron chi connectivity index (χ0n) is 12.2. The van der Waals surface area contributed by atoms with Crippen molar-refractivity contribution in [2.75, 3.05) is 6.54 Å². The Balaban J connectivity index is 2.29. The van der Waals surface area contributed by atoms with Crippen molar-refractivity contribution in [2.24, 2.45) is 4.99 Å². The van der Waals surface area contributed by atoms with Crippen LogP contribution in [0.4, 0.5) is 11.4 Å². The van der Waals surface area contributed by atoms with E-state index < -0.39 is 44.9 Å². The molecular weight excluding hydrogens is 318 g/mol. The lowest BCUT2D eigenvalue weighted by atomic mass is 10.1. The molecule has 1 N–H and O–H groups in total. The van der Waals surface area contributed by atoms with E-state index in [1.807, 2.05) is 6.07 Å². The summed E-state index contributed by atoms with van der Waals surface area (Å²) in [5.41, 5.74) is -1.34. The van der Waals surface area contributed by atoms with Crippen LogP contribution in [0.2, 0.25) is 0 Å². The Hall–Kier alpha value is -3.62. The van der Waals surface area contributed by atoms with Gasteiger partial charge in [-0.25, -0.2) is 0 Å². The molecule has 0 heterocycles. The number of carbonyl (C=O) groups excluding carboxylic acids is 1. The minimum Gasteiger partial charge on any atom is -0.502 e. The topological polar surface area (TPSA) is 136 Å². The Labute approximate surface area is 135 Å². The van der Waals surface area contributed by atoms with Gasteiger partial charge in [0.05, 0.1) is 21.5 Å². The third-order valence-electron chi connectivity index (χ3n) is 3.06. The fourth-order valence-electron chi connectivity index (χ4n) is 1.92. The largest absolute Gasteiger partial charge is 0.502 e. The summed E-state index contributed by atoms with van der Waals surface area (Å²) in [5.74, 6) is -1.68. The molecule has 24 heavy (non-hydrogen) atoms. The quantitative estimate of drug-likeness (QED) is 0.374. The summed E-state index contributed by atoms with van der Waals surface area (Å²) >= 11 is 0. The van der Waals surface area contributed by atoms with Gasteiger partial charge in [0.1, 0.15) is 6.54 Å². The molecule has 0 amide bonds. The number of rotatable bonds is 6. The lowest BCUT2D eigenvalue weighted by Crippen LogP contribution is -2.06. The number of hydrogen-bond donors (Lipinski definition) is 1. The molecule has 0 aliphatic carbocycles. The summed E-state index contributed by atoms with van der Waals surface area (Å²) in [4.78, 5) is 35.8. The lowest BCUT2D eigenvalue weighted by Gasteiger charge is -2.03. The summed E-state index contributed by atoms with van der Waals surface area (Å²) < 4.78 is 0. The maximum atomic E-state index is 12.1. The van der Waals surface area contributed by atoms with Crippen molar-refractivity contribution >= 4 is 23.4 Å². The van der Waals surface area contributed by atoms with Gasteiger partial charge in [0, 0.05) is 12.3 Å². The van der Waals surface area contributed by atoms with Crippen LogP contribution in [-0.4, -0.2) is 33.5 Å². The number of nitro groups is 2. The summed E-state index contributed by atoms with van der Waals surface area (Å²) in [6, 6.07) is 10.3. The lowest BCUT2D eigenvalue weighted by molar-refractivity contribution is -0.394. The molecule has 9 nitrogen and oxygen atoms in total. The van der Waals surface area contributed by atoms with Crippen LogP contribution in [0.1, 0.15) is 15.9 Å². The van der Waals surface area contributed by atoms with Gasteiger partial charge in [-0.05, 0) is 5.56 Å². The Morgan fingerprint density at radius 2 is 1.79 bits per heavy atom. The molecule has 0 saturated heterocycles. The molecule has 122 valence electrons. The fraction of sp³-hybridized carbons (Fsp3) is 0.0667. The number of ketones is 1. The molecule has 0 aliphatic rings. The zero-order chi connectivity index (χ0) is 17.7. The number of carbonyl (C=O) groups is 1. The van der Waals surface area contributed by atoms with Crippen LogP contribution in [0.25, 0.3) is 0 Å². The van der Waals surface area contributed by atoms with E-state index in [-0.39, 0.29) is 0 Å². The second-order valence-corrected chi connectivity index (χ2v) is 4.68. The Bertz CT molecular complexity index is 833. The van der Waals surface area contributed by atoms with Crippen molar-refractivity contribution in [3.8, 4) is 5.75 Å². The number of non-ortho nitro benzene ring substituents is 1. The van der Waals surface area contributed by atoms with Crippen molar-refractivity contribution < 1.29 is 19.7 Å². The molecule has 2 aromatic carbocycles. The van der Waals surface area contributed by atoms with Gasteiger partial charge in [0.15, 0.2) is 5.78 Å². The van der Waals surface area contributed by atoms with Gasteiger partial charge in [0.2, 0.25) is 5.75 Å². The van der Waals surface area contributed by atoms with Gasteiger partial charge in [-0.3, -0.25) is 30.0 Å². The molecule has 2 rings (SSSR count). The van der Waals surface area contributed by atoms with Crippen molar-refractivity contribution in [3.63, 3.8) is 0 Å². The van der Waals surface area contributed by atoms with Crippen LogP contribution in [-0.2, 0) is 0 Å². The zero-order valence-corrected chi connectivity index (χ0v) is 12.2. The normalized spacial score (nSPS) is 10.7. The van der Waals surface area contributed by atoms with E-state index in [1.165, 1.54) is 6.21 Å². The molecule has 0 radical (unpaired) electrons. The van der Waals surface area contributed by atoms with Gasteiger partial charge >= 0.3 is 5.69 Å². The van der Waals surface area contributed by atoms with E-state index in [1.54, 1.807) is 24.3 Å². The van der Waals surface area contributed by atoms with E-state index in [2.05, 4.69) is 4.99 Å². The number of aromatic hydroxyl groups is 1. The Morgan fingerprint density at radius 1 is 1.12 bits per heavy atom. The van der Waals surface area contributed by atoms with Crippen LogP contribution in [0, 0.1) is 20.2 Å². The summed E-state index contributed by atoms with van der Waals surface area (Å²) in [7, 11) is 0. The number of hydrogen-bond acceptors (Lipinski definition) is 7. The standard InChI is InChI=1S/C15H11N3O6/c19-14(9-16-8-10-4-2-1-3-5-10)12-6-11(17(21)22)7-13(15(12)20)18(23)24/h1-8,20H,9H2. The SMILES string of the molecule is O=C(CN=Cc1ccccc1)c1cc([N+](=O)[O-])cc([N+](=O)[O-])c1O. The Morgan fingerprint density at radius 3 is 2.38 bits per heavy atom. The van der Waals surface area contributed by atoms with Crippen LogP contribution >= 0.6 is 0 Å². The first-order valence-electron chi connectivity index (χ1n) is 6.64. The highest BCUT2D eigenvalue weighted by Gasteiger charge is 2.26. The first-order valence-corrected chi connectivity index (χ1v) is 6.64. The number of nitro benzene ring substituents is 2. The van der Waals surface area contributed by atoms with Crippen LogP contribution in [0.3, 0.4) is 0 Å². The highest BCUT2D eigenvalue weighted by Crippen LogP contribution is 2.34. The van der Waals surface area contributed by atoms with E-state index >= 15 is 0 Å². The summed E-state index contributed by atoms with van der Waals surface area (Å²) in [6.07, 6.45) is 1.42. The number of Topliss-reactive ketones (excluding diaryl/α,β-unsaturated/α-hetero) is 1. The number of benzene rings is 2. The molecule has 0 aliphatic heterocycles. The van der Waals surface area contributed by atoms with E-state index in [0.717, 1.165) is 11.6 Å². The van der Waals surface area contributed by atoms with Gasteiger partial charge in [0.25, 0.3) is 5.69 Å². The molecule has 0 saturated carbocycles. The van der Waals surface area contributed by atoms with Gasteiger partial charge < -0.3 is 5.11 Å². The monoisotopic (exact) mass is 329 g/mol. The molecule has 0 spiro atoms. The third-order valence-corrected chi connectivity index (χ3v) is 3.06. The number of phenols is 1. The maximum Gasteiger partial charge on any atom is 0.318 e. The van der Waals surface area contributed by atoms with Crippen molar-refractivity contribution in [1.29, 1.82) is 0 Å². The van der Waals surface area contributed by atoms with E-state index in [4.69, 9.17) is 0 Å². The molecule has 0 fully saturated rings. The minimum atomic E-state index is -0.994. The van der Waals surface area contributed by atoms with E-state index in [9.17, 15) is 30.1 Å². The van der Waals surface area contributed by atoms with Gasteiger partial charge in [-0.1, -0.05) is 30.3 Å². The van der Waals surface area contributed by atoms with E-state index in [0.29, 0.717) is 6.07 Å². The van der Waals surface area contributed by atoms with Crippen LogP contribution in [0.15, 0.2) is 47.5 Å². The van der Waals surface area contributed by atoms with Crippen LogP contribution < -0.4 is 0 Å². The maximum absolute atomic E-state index is 12.1. The highest BCUT2D eigenvalue weighted by atomic mass is 16.6.